The highest BCUT2D eigenvalue weighted by Gasteiger charge is 2.35. The highest BCUT2D eigenvalue weighted by Crippen LogP contribution is 2.40. The van der Waals surface area contributed by atoms with Crippen LogP contribution in [0.5, 0.6) is 0 Å². The molecule has 28 heavy (non-hydrogen) atoms. The molecule has 0 N–H and O–H groups in total. The highest BCUT2D eigenvalue weighted by molar-refractivity contribution is 5.91. The molecule has 1 heterocycles. The van der Waals surface area contributed by atoms with Gasteiger partial charge in [-0.25, -0.2) is 4.39 Å². The van der Waals surface area contributed by atoms with Crippen LogP contribution in [-0.4, -0.2) is 32.4 Å². The second-order valence-electron chi connectivity index (χ2n) is 7.65. The lowest BCUT2D eigenvalue weighted by Gasteiger charge is -2.21. The van der Waals surface area contributed by atoms with Crippen molar-refractivity contribution in [1.29, 1.82) is 0 Å². The first-order chi connectivity index (χ1) is 13.5. The van der Waals surface area contributed by atoms with E-state index in [-0.39, 0.29) is 18.7 Å². The predicted molar refractivity (Wildman–Crippen MR) is 105 cm³/mol. The fourth-order valence-corrected chi connectivity index (χ4v) is 3.95. The molecular weight excluding hydrogens is 359 g/mol. The van der Waals surface area contributed by atoms with Gasteiger partial charge >= 0.3 is 0 Å². The molecule has 0 amide bonds. The SMILES string of the molecule is COCOC1=C(C[C@@H]2COC(C)(C)O2)c2ccccc2Cc2ccc(F)cc21. The van der Waals surface area contributed by atoms with Crippen molar-refractivity contribution >= 4 is 11.3 Å². The third-order valence-electron chi connectivity index (χ3n) is 5.13. The smallest absolute Gasteiger partial charge is 0.188 e. The molecule has 0 spiro atoms. The predicted octanol–water partition coefficient (Wildman–Crippen LogP) is 4.76. The maximum absolute atomic E-state index is 14.1. The van der Waals surface area contributed by atoms with Crippen LogP contribution in [-0.2, 0) is 25.4 Å². The number of halogens is 1. The van der Waals surface area contributed by atoms with Gasteiger partial charge in [0.05, 0.1) is 12.7 Å². The van der Waals surface area contributed by atoms with Crippen LogP contribution in [0.3, 0.4) is 0 Å². The molecule has 0 radical (unpaired) electrons. The Kier molecular flexibility index (Phi) is 5.23. The van der Waals surface area contributed by atoms with Crippen molar-refractivity contribution in [3.05, 3.63) is 70.5 Å². The van der Waals surface area contributed by atoms with Gasteiger partial charge in [0.1, 0.15) is 11.6 Å². The highest BCUT2D eigenvalue weighted by atomic mass is 19.1. The molecule has 1 aliphatic heterocycles. The van der Waals surface area contributed by atoms with Crippen LogP contribution in [0, 0.1) is 5.82 Å². The fourth-order valence-electron chi connectivity index (χ4n) is 3.95. The van der Waals surface area contributed by atoms with Crippen LogP contribution in [0.25, 0.3) is 11.3 Å². The zero-order valence-electron chi connectivity index (χ0n) is 16.5. The minimum Gasteiger partial charge on any atom is -0.467 e. The molecule has 0 aromatic heterocycles. The van der Waals surface area contributed by atoms with Crippen LogP contribution < -0.4 is 0 Å². The summed E-state index contributed by atoms with van der Waals surface area (Å²) >= 11 is 0. The Morgan fingerprint density at radius 3 is 2.64 bits per heavy atom. The van der Waals surface area contributed by atoms with Gasteiger partial charge < -0.3 is 18.9 Å². The van der Waals surface area contributed by atoms with Gasteiger partial charge in [0.15, 0.2) is 12.6 Å². The summed E-state index contributed by atoms with van der Waals surface area (Å²) in [5.41, 5.74) is 5.06. The number of fused-ring (bicyclic) bond motifs is 2. The standard InChI is InChI=1S/C23H25FO4/c1-23(2)27-13-18(28-23)12-21-19-7-5-4-6-15(19)10-16-8-9-17(24)11-20(16)22(21)26-14-25-3/h4-9,11,18H,10,12-14H2,1-3H3/t18-/m1/s1. The maximum Gasteiger partial charge on any atom is 0.188 e. The van der Waals surface area contributed by atoms with Gasteiger partial charge in [-0.2, -0.15) is 0 Å². The number of methoxy groups -OCH3 is 1. The number of hydrogen-bond donors (Lipinski definition) is 0. The van der Waals surface area contributed by atoms with E-state index in [4.69, 9.17) is 18.9 Å². The molecule has 0 bridgehead atoms. The minimum atomic E-state index is -0.604. The Balaban J connectivity index is 1.86. The molecule has 1 aliphatic carbocycles. The average Bonchev–Trinajstić information content (AvgIpc) is 2.95. The molecule has 0 saturated carbocycles. The lowest BCUT2D eigenvalue weighted by atomic mass is 9.94. The first-order valence-electron chi connectivity index (χ1n) is 9.50. The first kappa shape index (κ1) is 19.1. The quantitative estimate of drug-likeness (QED) is 0.697. The third kappa shape index (κ3) is 3.83. The van der Waals surface area contributed by atoms with E-state index in [2.05, 4.69) is 12.1 Å². The number of benzene rings is 2. The summed E-state index contributed by atoms with van der Waals surface area (Å²) in [7, 11) is 1.58. The molecule has 4 nitrogen and oxygen atoms in total. The van der Waals surface area contributed by atoms with Crippen LogP contribution in [0.4, 0.5) is 4.39 Å². The van der Waals surface area contributed by atoms with E-state index < -0.39 is 5.79 Å². The number of hydrogen-bond acceptors (Lipinski definition) is 4. The molecule has 2 aliphatic rings. The second kappa shape index (κ2) is 7.66. The summed E-state index contributed by atoms with van der Waals surface area (Å²) in [6, 6.07) is 13.1. The van der Waals surface area contributed by atoms with Gasteiger partial charge in [-0.1, -0.05) is 30.3 Å². The molecule has 2 aromatic carbocycles. The Hall–Kier alpha value is -2.21. The number of ether oxygens (including phenoxy) is 4. The summed E-state index contributed by atoms with van der Waals surface area (Å²) in [6.45, 7) is 4.42. The average molecular weight is 384 g/mol. The third-order valence-corrected chi connectivity index (χ3v) is 5.13. The van der Waals surface area contributed by atoms with E-state index in [1.54, 1.807) is 13.2 Å². The van der Waals surface area contributed by atoms with Gasteiger partial charge in [-0.3, -0.25) is 0 Å². The molecule has 1 saturated heterocycles. The zero-order chi connectivity index (χ0) is 19.7. The molecule has 5 heteroatoms. The first-order valence-corrected chi connectivity index (χ1v) is 9.50. The Bertz CT molecular complexity index is 903. The van der Waals surface area contributed by atoms with E-state index in [1.165, 1.54) is 11.6 Å². The van der Waals surface area contributed by atoms with Gasteiger partial charge in [0.2, 0.25) is 0 Å². The molecule has 148 valence electrons. The lowest BCUT2D eigenvalue weighted by Crippen LogP contribution is -2.21. The molecule has 4 rings (SSSR count). The monoisotopic (exact) mass is 384 g/mol. The topological polar surface area (TPSA) is 36.9 Å². The van der Waals surface area contributed by atoms with E-state index in [9.17, 15) is 4.39 Å². The summed E-state index contributed by atoms with van der Waals surface area (Å²) in [6.07, 6.45) is 1.22. The van der Waals surface area contributed by atoms with E-state index in [1.807, 2.05) is 32.0 Å². The van der Waals surface area contributed by atoms with Crippen LogP contribution in [0.15, 0.2) is 42.5 Å². The minimum absolute atomic E-state index is 0.0878. The van der Waals surface area contributed by atoms with Crippen molar-refractivity contribution in [3.8, 4) is 0 Å². The van der Waals surface area contributed by atoms with Crippen LogP contribution in [0.2, 0.25) is 0 Å². The van der Waals surface area contributed by atoms with Crippen LogP contribution >= 0.6 is 0 Å². The van der Waals surface area contributed by atoms with Gasteiger partial charge in [-0.05, 0) is 49.1 Å². The summed E-state index contributed by atoms with van der Waals surface area (Å²) in [4.78, 5) is 0. The summed E-state index contributed by atoms with van der Waals surface area (Å²) < 4.78 is 37.1. The van der Waals surface area contributed by atoms with E-state index >= 15 is 0 Å². The normalized spacial score (nSPS) is 20.5. The van der Waals surface area contributed by atoms with Crippen molar-refractivity contribution < 1.29 is 23.3 Å². The zero-order valence-corrected chi connectivity index (χ0v) is 16.5. The Labute approximate surface area is 164 Å². The van der Waals surface area contributed by atoms with Crippen molar-refractivity contribution in [2.45, 2.75) is 38.6 Å². The van der Waals surface area contributed by atoms with E-state index in [0.717, 1.165) is 22.3 Å². The second-order valence-corrected chi connectivity index (χ2v) is 7.65. The van der Waals surface area contributed by atoms with Crippen molar-refractivity contribution in [2.75, 3.05) is 20.5 Å². The van der Waals surface area contributed by atoms with Crippen molar-refractivity contribution in [2.24, 2.45) is 0 Å². The fraction of sp³-hybridized carbons (Fsp3) is 0.391. The number of rotatable bonds is 5. The van der Waals surface area contributed by atoms with Crippen molar-refractivity contribution in [1.82, 2.24) is 0 Å². The summed E-state index contributed by atoms with van der Waals surface area (Å²) in [5.74, 6) is -0.244. The van der Waals surface area contributed by atoms with Crippen LogP contribution in [0.1, 0.15) is 42.5 Å². The van der Waals surface area contributed by atoms with Gasteiger partial charge in [0.25, 0.3) is 0 Å². The summed E-state index contributed by atoms with van der Waals surface area (Å²) in [5, 5.41) is 0. The molecule has 1 atom stereocenters. The van der Waals surface area contributed by atoms with Crippen molar-refractivity contribution in [3.63, 3.8) is 0 Å². The molecule has 2 aromatic rings. The largest absolute Gasteiger partial charge is 0.467 e. The maximum atomic E-state index is 14.1. The molecule has 1 fully saturated rings. The molecule has 0 unspecified atom stereocenters. The lowest BCUT2D eigenvalue weighted by molar-refractivity contribution is -0.137. The Morgan fingerprint density at radius 1 is 1.11 bits per heavy atom. The Morgan fingerprint density at radius 2 is 1.89 bits per heavy atom. The van der Waals surface area contributed by atoms with Gasteiger partial charge in [0, 0.05) is 24.7 Å². The van der Waals surface area contributed by atoms with Gasteiger partial charge in [-0.15, -0.1) is 0 Å². The molecular formula is C23H25FO4. The van der Waals surface area contributed by atoms with E-state index in [0.29, 0.717) is 25.2 Å².